The maximum absolute atomic E-state index is 12.0. The number of hydrogen-bond acceptors (Lipinski definition) is 7. The highest BCUT2D eigenvalue weighted by Crippen LogP contribution is 2.24. The van der Waals surface area contributed by atoms with E-state index >= 15 is 0 Å². The van der Waals surface area contributed by atoms with Crippen molar-refractivity contribution >= 4 is 29.1 Å². The molecule has 0 bridgehead atoms. The highest BCUT2D eigenvalue weighted by atomic mass is 32.2. The Morgan fingerprint density at radius 2 is 2.17 bits per heavy atom. The van der Waals surface area contributed by atoms with Gasteiger partial charge in [-0.2, -0.15) is 16.3 Å². The smallest absolute Gasteiger partial charge is 0.319 e. The van der Waals surface area contributed by atoms with Crippen molar-refractivity contribution in [3.05, 3.63) is 53.0 Å². The summed E-state index contributed by atoms with van der Waals surface area (Å²) in [6.45, 7) is 1.82. The second-order valence-corrected chi connectivity index (χ2v) is 6.90. The van der Waals surface area contributed by atoms with Crippen molar-refractivity contribution in [1.29, 1.82) is 0 Å². The summed E-state index contributed by atoms with van der Waals surface area (Å²) in [4.78, 5) is 17.3. The fourth-order valence-corrected chi connectivity index (χ4v) is 3.34. The molecule has 3 rings (SSSR count). The van der Waals surface area contributed by atoms with E-state index in [2.05, 4.69) is 10.1 Å². The van der Waals surface area contributed by atoms with Gasteiger partial charge in [0.1, 0.15) is 5.25 Å². The van der Waals surface area contributed by atoms with Crippen LogP contribution in [0.2, 0.25) is 0 Å². The molecule has 0 fully saturated rings. The number of thiophene rings is 1. The highest BCUT2D eigenvalue weighted by Gasteiger charge is 2.17. The van der Waals surface area contributed by atoms with Gasteiger partial charge in [-0.1, -0.05) is 23.4 Å². The van der Waals surface area contributed by atoms with Gasteiger partial charge in [-0.15, -0.1) is 11.8 Å². The van der Waals surface area contributed by atoms with Crippen LogP contribution in [0.1, 0.15) is 12.7 Å². The molecule has 0 saturated carbocycles. The first-order valence-electron chi connectivity index (χ1n) is 6.96. The largest absolute Gasteiger partial charge is 0.456 e. The van der Waals surface area contributed by atoms with Crippen LogP contribution < -0.4 is 0 Å². The van der Waals surface area contributed by atoms with Gasteiger partial charge in [0.15, 0.2) is 6.61 Å². The van der Waals surface area contributed by atoms with Crippen molar-refractivity contribution in [1.82, 2.24) is 10.1 Å². The Kier molecular flexibility index (Phi) is 5.09. The number of carbonyl (C=O) groups excluding carboxylic acids is 1. The Hall–Kier alpha value is -2.12. The summed E-state index contributed by atoms with van der Waals surface area (Å²) in [6.07, 6.45) is 0. The number of thioether (sulfide) groups is 1. The lowest BCUT2D eigenvalue weighted by Gasteiger charge is -2.09. The maximum Gasteiger partial charge on any atom is 0.319 e. The summed E-state index contributed by atoms with van der Waals surface area (Å²) in [5, 5.41) is 7.37. The van der Waals surface area contributed by atoms with Crippen LogP contribution in [0.15, 0.2) is 56.6 Å². The van der Waals surface area contributed by atoms with E-state index in [9.17, 15) is 4.79 Å². The van der Waals surface area contributed by atoms with Crippen LogP contribution in [0.25, 0.3) is 11.5 Å². The molecular formula is C16H14N2O3S2. The van der Waals surface area contributed by atoms with Gasteiger partial charge >= 0.3 is 5.97 Å². The lowest BCUT2D eigenvalue weighted by Crippen LogP contribution is -2.17. The molecule has 23 heavy (non-hydrogen) atoms. The summed E-state index contributed by atoms with van der Waals surface area (Å²) >= 11 is 3.00. The van der Waals surface area contributed by atoms with Gasteiger partial charge in [-0.3, -0.25) is 4.79 Å². The summed E-state index contributed by atoms with van der Waals surface area (Å²) in [5.74, 6) is 0.487. The Morgan fingerprint density at radius 3 is 2.91 bits per heavy atom. The molecule has 118 valence electrons. The molecule has 0 radical (unpaired) electrons. The average molecular weight is 346 g/mol. The number of hydrogen-bond donors (Lipinski definition) is 0. The van der Waals surface area contributed by atoms with E-state index in [1.165, 1.54) is 11.8 Å². The first kappa shape index (κ1) is 15.8. The zero-order valence-corrected chi connectivity index (χ0v) is 14.0. The van der Waals surface area contributed by atoms with Gasteiger partial charge in [0.05, 0.1) is 5.56 Å². The van der Waals surface area contributed by atoms with E-state index in [0.717, 1.165) is 10.5 Å². The average Bonchev–Trinajstić information content (AvgIpc) is 3.24. The number of esters is 1. The molecule has 0 aliphatic carbocycles. The van der Waals surface area contributed by atoms with Crippen LogP contribution >= 0.6 is 23.1 Å². The normalized spacial score (nSPS) is 12.0. The first-order valence-corrected chi connectivity index (χ1v) is 8.78. The van der Waals surface area contributed by atoms with Crippen molar-refractivity contribution in [2.75, 3.05) is 0 Å². The predicted octanol–water partition coefficient (Wildman–Crippen LogP) is 4.02. The lowest BCUT2D eigenvalue weighted by atomic mass is 10.3. The summed E-state index contributed by atoms with van der Waals surface area (Å²) in [5.41, 5.74) is 0.869. The van der Waals surface area contributed by atoms with E-state index in [1.807, 2.05) is 54.1 Å². The van der Waals surface area contributed by atoms with Gasteiger partial charge in [-0.25, -0.2) is 0 Å². The number of carbonyl (C=O) groups is 1. The van der Waals surface area contributed by atoms with Gasteiger partial charge in [0.25, 0.3) is 5.89 Å². The maximum atomic E-state index is 12.0. The molecule has 1 aromatic carbocycles. The van der Waals surface area contributed by atoms with Gasteiger partial charge < -0.3 is 9.26 Å². The molecule has 5 nitrogen and oxygen atoms in total. The number of benzene rings is 1. The van der Waals surface area contributed by atoms with Crippen molar-refractivity contribution in [3.63, 3.8) is 0 Å². The standard InChI is InChI=1S/C16H14N2O3S2/c1-11(23-13-5-3-2-4-6-13)16(19)20-9-14-17-15(21-18-14)12-7-8-22-10-12/h2-8,10-11H,9H2,1H3. The molecule has 0 N–H and O–H groups in total. The number of rotatable bonds is 6. The summed E-state index contributed by atoms with van der Waals surface area (Å²) in [7, 11) is 0. The van der Waals surface area contributed by atoms with Crippen molar-refractivity contribution in [2.24, 2.45) is 0 Å². The monoisotopic (exact) mass is 346 g/mol. The predicted molar refractivity (Wildman–Crippen MR) is 89.2 cm³/mol. The molecule has 0 aliphatic rings. The molecule has 0 saturated heterocycles. The molecule has 7 heteroatoms. The number of nitrogens with zero attached hydrogens (tertiary/aromatic N) is 2. The van der Waals surface area contributed by atoms with Gasteiger partial charge in [0.2, 0.25) is 5.82 Å². The Bertz CT molecular complexity index is 757. The van der Waals surface area contributed by atoms with Crippen LogP contribution in [0.5, 0.6) is 0 Å². The lowest BCUT2D eigenvalue weighted by molar-refractivity contribution is -0.144. The third-order valence-corrected chi connectivity index (χ3v) is 4.74. The van der Waals surface area contributed by atoms with E-state index in [0.29, 0.717) is 11.7 Å². The minimum absolute atomic E-state index is 0.00611. The third kappa shape index (κ3) is 4.20. The number of aromatic nitrogens is 2. The molecule has 3 aromatic rings. The first-order chi connectivity index (χ1) is 11.2. The van der Waals surface area contributed by atoms with Crippen LogP contribution in [0.3, 0.4) is 0 Å². The summed E-state index contributed by atoms with van der Waals surface area (Å²) < 4.78 is 10.4. The fourth-order valence-electron chi connectivity index (χ4n) is 1.82. The Morgan fingerprint density at radius 1 is 1.35 bits per heavy atom. The zero-order valence-electron chi connectivity index (χ0n) is 12.3. The number of ether oxygens (including phenoxy) is 1. The van der Waals surface area contributed by atoms with Crippen LogP contribution in [0, 0.1) is 0 Å². The highest BCUT2D eigenvalue weighted by molar-refractivity contribution is 8.00. The molecule has 0 amide bonds. The van der Waals surface area contributed by atoms with E-state index in [1.54, 1.807) is 11.3 Å². The van der Waals surface area contributed by atoms with Crippen molar-refractivity contribution < 1.29 is 14.1 Å². The molecule has 0 spiro atoms. The Balaban J connectivity index is 1.52. The second-order valence-electron chi connectivity index (χ2n) is 4.71. The van der Waals surface area contributed by atoms with Crippen LogP contribution in [-0.2, 0) is 16.1 Å². The van der Waals surface area contributed by atoms with E-state index < -0.39 is 0 Å². The minimum Gasteiger partial charge on any atom is -0.456 e. The zero-order chi connectivity index (χ0) is 16.1. The second kappa shape index (κ2) is 7.43. The fraction of sp³-hybridized carbons (Fsp3) is 0.188. The topological polar surface area (TPSA) is 65.2 Å². The van der Waals surface area contributed by atoms with Crippen LogP contribution in [-0.4, -0.2) is 21.4 Å². The van der Waals surface area contributed by atoms with Gasteiger partial charge in [0, 0.05) is 10.3 Å². The van der Waals surface area contributed by atoms with E-state index in [4.69, 9.17) is 9.26 Å². The summed E-state index contributed by atoms with van der Waals surface area (Å²) in [6, 6.07) is 11.6. The minimum atomic E-state index is -0.305. The molecule has 0 aliphatic heterocycles. The van der Waals surface area contributed by atoms with Crippen LogP contribution in [0.4, 0.5) is 0 Å². The molecule has 2 heterocycles. The Labute approximate surface area is 141 Å². The van der Waals surface area contributed by atoms with Crippen molar-refractivity contribution in [2.45, 2.75) is 23.7 Å². The van der Waals surface area contributed by atoms with Gasteiger partial charge in [-0.05, 0) is 30.5 Å². The molecule has 1 atom stereocenters. The quantitative estimate of drug-likeness (QED) is 0.496. The molecule has 2 aromatic heterocycles. The van der Waals surface area contributed by atoms with Crippen molar-refractivity contribution in [3.8, 4) is 11.5 Å². The van der Waals surface area contributed by atoms with E-state index in [-0.39, 0.29) is 17.8 Å². The molecular weight excluding hydrogens is 332 g/mol. The SMILES string of the molecule is CC(Sc1ccccc1)C(=O)OCc1noc(-c2ccsc2)n1. The third-order valence-electron chi connectivity index (χ3n) is 2.97. The molecule has 1 unspecified atom stereocenters.